The third-order valence-corrected chi connectivity index (χ3v) is 3.94. The molecule has 0 aliphatic carbocycles. The first kappa shape index (κ1) is 17.6. The van der Waals surface area contributed by atoms with Gasteiger partial charge in [-0.3, -0.25) is 19.0 Å². The molecule has 1 amide bonds. The largest absolute Gasteiger partial charge is 0.438 e. The molecule has 0 aliphatic rings. The lowest BCUT2D eigenvalue weighted by Gasteiger charge is -2.24. The van der Waals surface area contributed by atoms with E-state index in [4.69, 9.17) is 0 Å². The molecule has 26 heavy (non-hydrogen) atoms. The summed E-state index contributed by atoms with van der Waals surface area (Å²) in [6.45, 7) is 4.05. The molecule has 0 unspecified atom stereocenters. The van der Waals surface area contributed by atoms with Crippen LogP contribution in [0.25, 0.3) is 0 Å². The Morgan fingerprint density at radius 2 is 2.08 bits per heavy atom. The molecule has 136 valence electrons. The molecule has 1 aromatic carbocycles. The number of anilines is 1. The van der Waals surface area contributed by atoms with Crippen LogP contribution >= 0.6 is 0 Å². The van der Waals surface area contributed by atoms with E-state index < -0.39 is 11.2 Å². The number of H-pyrrole nitrogens is 1. The topological polar surface area (TPSA) is 106 Å². The fourth-order valence-electron chi connectivity index (χ4n) is 2.61. The highest BCUT2D eigenvalue weighted by molar-refractivity contribution is 5.91. The van der Waals surface area contributed by atoms with E-state index in [0.717, 1.165) is 5.56 Å². The molecule has 3 rings (SSSR count). The van der Waals surface area contributed by atoms with E-state index in [1.54, 1.807) is 18.3 Å². The van der Waals surface area contributed by atoms with Crippen LogP contribution in [0.3, 0.4) is 0 Å². The maximum atomic E-state index is 13.1. The van der Waals surface area contributed by atoms with Gasteiger partial charge >= 0.3 is 5.76 Å². The summed E-state index contributed by atoms with van der Waals surface area (Å²) in [4.78, 5) is 25.7. The zero-order chi connectivity index (χ0) is 18.7. The monoisotopic (exact) mass is 359 g/mol. The highest BCUT2D eigenvalue weighted by Gasteiger charge is 2.24. The zero-order valence-electron chi connectivity index (χ0n) is 14.3. The fraction of sp³-hybridized carbons (Fsp3) is 0.294. The van der Waals surface area contributed by atoms with Crippen molar-refractivity contribution >= 4 is 11.6 Å². The molecule has 0 saturated carbocycles. The van der Waals surface area contributed by atoms with Crippen molar-refractivity contribution in [2.24, 2.45) is 0 Å². The lowest BCUT2D eigenvalue weighted by Crippen LogP contribution is -2.25. The number of aromatic nitrogens is 4. The van der Waals surface area contributed by atoms with Gasteiger partial charge in [0.15, 0.2) is 5.82 Å². The second kappa shape index (κ2) is 6.95. The Morgan fingerprint density at radius 3 is 2.73 bits per heavy atom. The van der Waals surface area contributed by atoms with E-state index in [1.165, 1.54) is 23.0 Å². The Hall–Kier alpha value is -3.23. The number of amides is 1. The number of halogens is 1. The standard InChI is InChI=1S/C17H18FN5O3/c1-17(2,11-3-5-12(18)6-4-11)7-15(24)20-13-8-19-23(9-13)10-14-21-16(25)26-22-14/h3-6,8-9H,7,10H2,1-2H3,(H,20,24)(H,21,22,25). The van der Waals surface area contributed by atoms with Crippen LogP contribution < -0.4 is 11.1 Å². The summed E-state index contributed by atoms with van der Waals surface area (Å²) >= 11 is 0. The van der Waals surface area contributed by atoms with Gasteiger partial charge in [0.2, 0.25) is 5.91 Å². The molecule has 2 heterocycles. The highest BCUT2D eigenvalue weighted by Crippen LogP contribution is 2.27. The summed E-state index contributed by atoms with van der Waals surface area (Å²) < 4.78 is 19.0. The molecule has 0 saturated heterocycles. The van der Waals surface area contributed by atoms with Gasteiger partial charge in [-0.2, -0.15) is 5.10 Å². The number of nitrogens with zero attached hydrogens (tertiary/aromatic N) is 3. The average Bonchev–Trinajstić information content (AvgIpc) is 3.16. The summed E-state index contributed by atoms with van der Waals surface area (Å²) in [6, 6.07) is 6.12. The van der Waals surface area contributed by atoms with Gasteiger partial charge in [-0.05, 0) is 23.1 Å². The first-order valence-electron chi connectivity index (χ1n) is 7.95. The zero-order valence-corrected chi connectivity index (χ0v) is 14.3. The fourth-order valence-corrected chi connectivity index (χ4v) is 2.61. The Morgan fingerprint density at radius 1 is 1.35 bits per heavy atom. The minimum absolute atomic E-state index is 0.186. The van der Waals surface area contributed by atoms with Crippen molar-refractivity contribution in [3.63, 3.8) is 0 Å². The number of hydrogen-bond acceptors (Lipinski definition) is 5. The Bertz CT molecular complexity index is 955. The smallest absolute Gasteiger partial charge is 0.323 e. The third-order valence-electron chi connectivity index (χ3n) is 3.94. The van der Waals surface area contributed by atoms with Gasteiger partial charge < -0.3 is 5.32 Å². The second-order valence-corrected chi connectivity index (χ2v) is 6.58. The number of carbonyl (C=O) groups excluding carboxylic acids is 1. The third kappa shape index (κ3) is 4.24. The Labute approximate surface area is 148 Å². The molecular weight excluding hydrogens is 341 g/mol. The van der Waals surface area contributed by atoms with E-state index in [1.807, 2.05) is 13.8 Å². The van der Waals surface area contributed by atoms with Crippen molar-refractivity contribution < 1.29 is 13.7 Å². The molecule has 0 bridgehead atoms. The average molecular weight is 359 g/mol. The molecule has 0 aliphatic heterocycles. The summed E-state index contributed by atoms with van der Waals surface area (Å²) in [5.41, 5.74) is 0.948. The maximum absolute atomic E-state index is 13.1. The SMILES string of the molecule is CC(C)(CC(=O)Nc1cnn(Cc2noc(=O)[nH]2)c1)c1ccc(F)cc1. The molecule has 0 radical (unpaired) electrons. The first-order chi connectivity index (χ1) is 12.3. The van der Waals surface area contributed by atoms with Crippen LogP contribution in [0.4, 0.5) is 10.1 Å². The van der Waals surface area contributed by atoms with Crippen LogP contribution in [0, 0.1) is 5.82 Å². The highest BCUT2D eigenvalue weighted by atomic mass is 19.1. The summed E-state index contributed by atoms with van der Waals surface area (Å²) in [7, 11) is 0. The van der Waals surface area contributed by atoms with Crippen molar-refractivity contribution in [1.82, 2.24) is 19.9 Å². The lowest BCUT2D eigenvalue weighted by atomic mass is 9.81. The molecular formula is C17H18FN5O3. The van der Waals surface area contributed by atoms with Gasteiger partial charge in [0, 0.05) is 12.6 Å². The number of aromatic amines is 1. The van der Waals surface area contributed by atoms with Gasteiger partial charge in [-0.25, -0.2) is 9.18 Å². The molecule has 8 nitrogen and oxygen atoms in total. The van der Waals surface area contributed by atoms with E-state index in [2.05, 4.69) is 25.1 Å². The molecule has 9 heteroatoms. The molecule has 2 aromatic heterocycles. The number of hydrogen-bond donors (Lipinski definition) is 2. The van der Waals surface area contributed by atoms with Gasteiger partial charge in [0.25, 0.3) is 0 Å². The summed E-state index contributed by atoms with van der Waals surface area (Å²) in [5.74, 6) is -0.805. The predicted molar refractivity (Wildman–Crippen MR) is 91.1 cm³/mol. The molecule has 0 atom stereocenters. The number of benzene rings is 1. The second-order valence-electron chi connectivity index (χ2n) is 6.58. The number of rotatable bonds is 6. The van der Waals surface area contributed by atoms with Crippen molar-refractivity contribution in [3.8, 4) is 0 Å². The Kier molecular flexibility index (Phi) is 4.70. The Balaban J connectivity index is 1.61. The van der Waals surface area contributed by atoms with Gasteiger partial charge in [-0.1, -0.05) is 31.1 Å². The van der Waals surface area contributed by atoms with Crippen LogP contribution in [0.15, 0.2) is 46.0 Å². The van der Waals surface area contributed by atoms with Crippen LogP contribution in [0.2, 0.25) is 0 Å². The van der Waals surface area contributed by atoms with Crippen LogP contribution in [-0.4, -0.2) is 25.8 Å². The van der Waals surface area contributed by atoms with Crippen molar-refractivity contribution in [1.29, 1.82) is 0 Å². The van der Waals surface area contributed by atoms with E-state index >= 15 is 0 Å². The predicted octanol–water partition coefficient (Wildman–Crippen LogP) is 2.05. The van der Waals surface area contributed by atoms with Crippen LogP contribution in [-0.2, 0) is 16.8 Å². The normalized spacial score (nSPS) is 11.5. The van der Waals surface area contributed by atoms with Gasteiger partial charge in [0.05, 0.1) is 11.9 Å². The van der Waals surface area contributed by atoms with E-state index in [9.17, 15) is 14.0 Å². The molecule has 3 aromatic rings. The lowest BCUT2D eigenvalue weighted by molar-refractivity contribution is -0.117. The quantitative estimate of drug-likeness (QED) is 0.701. The van der Waals surface area contributed by atoms with Crippen LogP contribution in [0.5, 0.6) is 0 Å². The van der Waals surface area contributed by atoms with Crippen molar-refractivity contribution in [2.75, 3.05) is 5.32 Å². The van der Waals surface area contributed by atoms with Gasteiger partial charge in [0.1, 0.15) is 12.4 Å². The number of nitrogens with one attached hydrogen (secondary N) is 2. The van der Waals surface area contributed by atoms with Gasteiger partial charge in [-0.15, -0.1) is 0 Å². The van der Waals surface area contributed by atoms with E-state index in [0.29, 0.717) is 11.5 Å². The minimum atomic E-state index is -0.635. The summed E-state index contributed by atoms with van der Waals surface area (Å²) in [6.07, 6.45) is 3.34. The van der Waals surface area contributed by atoms with Crippen molar-refractivity contribution in [3.05, 3.63) is 64.4 Å². The maximum Gasteiger partial charge on any atom is 0.438 e. The summed E-state index contributed by atoms with van der Waals surface area (Å²) in [5, 5.41) is 10.4. The van der Waals surface area contributed by atoms with Crippen LogP contribution in [0.1, 0.15) is 31.7 Å². The molecule has 2 N–H and O–H groups in total. The first-order valence-corrected chi connectivity index (χ1v) is 7.95. The molecule has 0 spiro atoms. The molecule has 0 fully saturated rings. The number of carbonyl (C=O) groups is 1. The van der Waals surface area contributed by atoms with Crippen molar-refractivity contribution in [2.45, 2.75) is 32.2 Å². The minimum Gasteiger partial charge on any atom is -0.323 e. The van der Waals surface area contributed by atoms with E-state index in [-0.39, 0.29) is 24.7 Å².